The van der Waals surface area contributed by atoms with Gasteiger partial charge in [0.1, 0.15) is 11.4 Å². The highest BCUT2D eigenvalue weighted by molar-refractivity contribution is 8.01. The zero-order chi connectivity index (χ0) is 10.7. The Morgan fingerprint density at radius 2 is 2.21 bits per heavy atom. The van der Waals surface area contributed by atoms with Gasteiger partial charge in [0.25, 0.3) is 5.91 Å². The van der Waals surface area contributed by atoms with Gasteiger partial charge in [0, 0.05) is 4.75 Å². The molecule has 0 unspecified atom stereocenters. The number of hydrogen-bond donors (Lipinski definition) is 2. The lowest BCUT2D eigenvalue weighted by molar-refractivity contribution is -0.425. The van der Waals surface area contributed by atoms with Crippen molar-refractivity contribution in [3.63, 3.8) is 0 Å². The highest BCUT2D eigenvalue weighted by Gasteiger charge is 2.64. The number of fused-ring (bicyclic) bond motifs is 1. The Morgan fingerprint density at radius 3 is 2.71 bits per heavy atom. The van der Waals surface area contributed by atoms with Gasteiger partial charge in [-0.2, -0.15) is 0 Å². The maximum atomic E-state index is 11.4. The van der Waals surface area contributed by atoms with E-state index in [2.05, 4.69) is 5.73 Å². The fraction of sp³-hybridized carbons (Fsp3) is 0.750. The topological polar surface area (TPSA) is 85.3 Å². The highest BCUT2D eigenvalue weighted by atomic mass is 32.2. The molecule has 0 radical (unpaired) electrons. The number of rotatable bonds is 1. The molecule has 6 heteroatoms. The van der Waals surface area contributed by atoms with Gasteiger partial charge in [0.15, 0.2) is 6.04 Å². The SMILES string of the molecule is CC1(C)S[C@@H]2[C@H]([NH3+])C(=O)N2[C@H]1C(=O)O. The summed E-state index contributed by atoms with van der Waals surface area (Å²) in [5.41, 5.74) is 3.72. The highest BCUT2D eigenvalue weighted by Crippen LogP contribution is 2.49. The molecule has 0 aromatic heterocycles. The fourth-order valence-electron chi connectivity index (χ4n) is 2.09. The summed E-state index contributed by atoms with van der Waals surface area (Å²) in [6.07, 6.45) is 0. The van der Waals surface area contributed by atoms with Crippen LogP contribution < -0.4 is 5.73 Å². The van der Waals surface area contributed by atoms with E-state index < -0.39 is 16.8 Å². The van der Waals surface area contributed by atoms with E-state index in [4.69, 9.17) is 5.11 Å². The van der Waals surface area contributed by atoms with Crippen molar-refractivity contribution in [1.29, 1.82) is 0 Å². The Bertz CT molecular complexity index is 318. The number of amides is 1. The van der Waals surface area contributed by atoms with E-state index in [0.717, 1.165) is 0 Å². The summed E-state index contributed by atoms with van der Waals surface area (Å²) in [4.78, 5) is 23.9. The van der Waals surface area contributed by atoms with Crippen LogP contribution in [0.1, 0.15) is 13.8 Å². The van der Waals surface area contributed by atoms with Crippen LogP contribution in [0.15, 0.2) is 0 Å². The molecular formula is C8H13N2O3S+. The number of carbonyl (C=O) groups is 2. The first-order chi connectivity index (χ1) is 6.36. The first-order valence-corrected chi connectivity index (χ1v) is 5.30. The van der Waals surface area contributed by atoms with Gasteiger partial charge in [-0.25, -0.2) is 4.79 Å². The van der Waals surface area contributed by atoms with Crippen LogP contribution in [0.2, 0.25) is 0 Å². The summed E-state index contributed by atoms with van der Waals surface area (Å²) < 4.78 is -0.418. The van der Waals surface area contributed by atoms with Crippen LogP contribution in [-0.4, -0.2) is 44.1 Å². The number of aliphatic carboxylic acids is 1. The molecule has 0 spiro atoms. The molecule has 1 amide bonds. The third-order valence-electron chi connectivity index (χ3n) is 2.79. The lowest BCUT2D eigenvalue weighted by Crippen LogP contribution is -2.83. The summed E-state index contributed by atoms with van der Waals surface area (Å²) in [6, 6.07) is -0.980. The van der Waals surface area contributed by atoms with E-state index >= 15 is 0 Å². The number of carbonyl (C=O) groups excluding carboxylic acids is 1. The molecule has 0 bridgehead atoms. The molecule has 2 heterocycles. The minimum Gasteiger partial charge on any atom is -0.480 e. The standard InChI is InChI=1S/C8H12N2O3S/c1-8(2)4(7(12)13)10-5(11)3(9)6(10)14-8/h3-4,6H,9H2,1-2H3,(H,12,13)/p+1/t3-,4+,6-/m1/s1. The van der Waals surface area contributed by atoms with Crippen LogP contribution in [-0.2, 0) is 9.59 Å². The molecule has 2 aliphatic rings. The molecule has 3 atom stereocenters. The Kier molecular flexibility index (Phi) is 1.84. The van der Waals surface area contributed by atoms with E-state index in [0.29, 0.717) is 0 Å². The van der Waals surface area contributed by atoms with Gasteiger partial charge < -0.3 is 15.7 Å². The van der Waals surface area contributed by atoms with Crippen molar-refractivity contribution >= 4 is 23.6 Å². The normalized spacial score (nSPS) is 39.2. The van der Waals surface area contributed by atoms with Gasteiger partial charge in [-0.05, 0) is 13.8 Å². The molecule has 2 rings (SSSR count). The lowest BCUT2D eigenvalue weighted by Gasteiger charge is -2.38. The number of quaternary nitrogens is 1. The second-order valence-electron chi connectivity index (χ2n) is 4.20. The first-order valence-electron chi connectivity index (χ1n) is 4.42. The summed E-state index contributed by atoms with van der Waals surface area (Å²) in [5.74, 6) is -1.06. The van der Waals surface area contributed by atoms with Crippen molar-refractivity contribution in [2.24, 2.45) is 0 Å². The minimum absolute atomic E-state index is 0.0430. The molecule has 2 saturated heterocycles. The van der Waals surface area contributed by atoms with Crippen molar-refractivity contribution in [1.82, 2.24) is 4.90 Å². The van der Waals surface area contributed by atoms with E-state index in [1.54, 1.807) is 0 Å². The Hall–Kier alpha value is -0.750. The average molecular weight is 217 g/mol. The monoisotopic (exact) mass is 217 g/mol. The van der Waals surface area contributed by atoms with E-state index in [1.807, 2.05) is 13.8 Å². The first kappa shape index (κ1) is 9.79. The minimum atomic E-state index is -0.926. The number of carboxylic acids is 1. The third-order valence-corrected chi connectivity index (χ3v) is 4.41. The third kappa shape index (κ3) is 1.01. The van der Waals surface area contributed by atoms with Gasteiger partial charge in [-0.3, -0.25) is 4.79 Å². The van der Waals surface area contributed by atoms with Crippen LogP contribution >= 0.6 is 11.8 Å². The molecule has 0 aromatic rings. The molecule has 2 aliphatic heterocycles. The maximum absolute atomic E-state index is 11.4. The number of hydrogen-bond acceptors (Lipinski definition) is 3. The Balaban J connectivity index is 2.32. The van der Waals surface area contributed by atoms with Crippen LogP contribution in [0.3, 0.4) is 0 Å². The molecule has 2 fully saturated rings. The molecular weight excluding hydrogens is 204 g/mol. The van der Waals surface area contributed by atoms with Crippen molar-refractivity contribution < 1.29 is 20.4 Å². The fourth-order valence-corrected chi connectivity index (χ4v) is 3.68. The van der Waals surface area contributed by atoms with Crippen molar-refractivity contribution in [2.75, 3.05) is 0 Å². The predicted octanol–water partition coefficient (Wildman–Crippen LogP) is -1.26. The Morgan fingerprint density at radius 1 is 1.64 bits per heavy atom. The molecule has 14 heavy (non-hydrogen) atoms. The van der Waals surface area contributed by atoms with Crippen LogP contribution in [0.25, 0.3) is 0 Å². The second-order valence-corrected chi connectivity index (χ2v) is 5.98. The van der Waals surface area contributed by atoms with Crippen molar-refractivity contribution in [3.05, 3.63) is 0 Å². The van der Waals surface area contributed by atoms with Crippen LogP contribution in [0.5, 0.6) is 0 Å². The molecule has 5 nitrogen and oxygen atoms in total. The molecule has 0 aromatic carbocycles. The predicted molar refractivity (Wildman–Crippen MR) is 50.4 cm³/mol. The molecule has 0 saturated carbocycles. The zero-order valence-electron chi connectivity index (χ0n) is 8.06. The van der Waals surface area contributed by atoms with Gasteiger partial charge >= 0.3 is 5.97 Å². The van der Waals surface area contributed by atoms with Crippen LogP contribution in [0.4, 0.5) is 0 Å². The molecule has 0 aliphatic carbocycles. The van der Waals surface area contributed by atoms with Crippen molar-refractivity contribution in [3.8, 4) is 0 Å². The number of nitrogens with zero attached hydrogens (tertiary/aromatic N) is 1. The lowest BCUT2D eigenvalue weighted by atomic mass is 9.96. The quantitative estimate of drug-likeness (QED) is 0.537. The molecule has 4 N–H and O–H groups in total. The Labute approximate surface area is 85.6 Å². The van der Waals surface area contributed by atoms with Gasteiger partial charge in [-0.15, -0.1) is 11.8 Å². The van der Waals surface area contributed by atoms with Crippen molar-refractivity contribution in [2.45, 2.75) is 36.1 Å². The zero-order valence-corrected chi connectivity index (χ0v) is 8.87. The molecule has 78 valence electrons. The number of thioether (sulfide) groups is 1. The van der Waals surface area contributed by atoms with E-state index in [1.165, 1.54) is 16.7 Å². The average Bonchev–Trinajstić information content (AvgIpc) is 2.34. The largest absolute Gasteiger partial charge is 0.480 e. The summed E-state index contributed by atoms with van der Waals surface area (Å²) >= 11 is 1.53. The number of β-lactam (4-membered cyclic amide) rings is 1. The van der Waals surface area contributed by atoms with Gasteiger partial charge in [0.2, 0.25) is 0 Å². The summed E-state index contributed by atoms with van der Waals surface area (Å²) in [7, 11) is 0. The smallest absolute Gasteiger partial charge is 0.327 e. The van der Waals surface area contributed by atoms with Crippen LogP contribution in [0, 0.1) is 0 Å². The van der Waals surface area contributed by atoms with Gasteiger partial charge in [-0.1, -0.05) is 0 Å². The van der Waals surface area contributed by atoms with E-state index in [-0.39, 0.29) is 17.3 Å². The van der Waals surface area contributed by atoms with E-state index in [9.17, 15) is 9.59 Å². The summed E-state index contributed by atoms with van der Waals surface area (Å²) in [6.45, 7) is 3.71. The van der Waals surface area contributed by atoms with Gasteiger partial charge in [0.05, 0.1) is 0 Å². The second kappa shape index (κ2) is 2.64. The number of carboxylic acid groups (broad SMARTS) is 1. The maximum Gasteiger partial charge on any atom is 0.327 e. The summed E-state index contributed by atoms with van der Waals surface area (Å²) in [5, 5.41) is 9.00.